The van der Waals surface area contributed by atoms with Crippen LogP contribution in [-0.2, 0) is 0 Å². The molecule has 1 N–H and O–H groups in total. The number of hydrogen-bond donors (Lipinski definition) is 1. The van der Waals surface area contributed by atoms with Gasteiger partial charge in [-0.05, 0) is 12.1 Å². The molecule has 1 aromatic rings. The van der Waals surface area contributed by atoms with E-state index < -0.39 is 0 Å². The van der Waals surface area contributed by atoms with Crippen molar-refractivity contribution in [3.63, 3.8) is 0 Å². The first-order chi connectivity index (χ1) is 4.22. The number of rotatable bonds is 0. The van der Waals surface area contributed by atoms with Gasteiger partial charge in [-0.3, -0.25) is 0 Å². The molecule has 4 heteroatoms. The second kappa shape index (κ2) is 4.98. The monoisotopic (exact) mass is 202 g/mol. The molecule has 0 aliphatic heterocycles. The Morgan fingerprint density at radius 1 is 1.30 bits per heavy atom. The summed E-state index contributed by atoms with van der Waals surface area (Å²) in [7, 11) is 0. The Morgan fingerprint density at radius 3 is 2.30 bits per heavy atom. The Balaban J connectivity index is 0. The van der Waals surface area contributed by atoms with Gasteiger partial charge >= 0.3 is 51.4 Å². The molecule has 0 aliphatic rings. The normalized spacial score (nSPS) is 8.60. The van der Waals surface area contributed by atoms with Crippen LogP contribution in [0.5, 0.6) is 5.75 Å². The van der Waals surface area contributed by atoms with Gasteiger partial charge in [0.2, 0.25) is 0 Å². The van der Waals surface area contributed by atoms with Crippen LogP contribution < -0.4 is 51.4 Å². The van der Waals surface area contributed by atoms with Crippen LogP contribution in [0.1, 0.15) is 1.43 Å². The Labute approximate surface area is 113 Å². The van der Waals surface area contributed by atoms with Gasteiger partial charge in [-0.1, -0.05) is 29.3 Å². The average Bonchev–Trinajstić information content (AvgIpc) is 1.83. The molecule has 0 radical (unpaired) electrons. The fourth-order valence-corrected chi connectivity index (χ4v) is 0.788. The standard InChI is InChI=1S/C6H4Cl2O.K.H/c7-4-2-1-3-5(9)6(4)8;;/h1-3,9H;;/q;+1;-1. The topological polar surface area (TPSA) is 20.2 Å². The van der Waals surface area contributed by atoms with Crippen molar-refractivity contribution < 1.29 is 57.9 Å². The van der Waals surface area contributed by atoms with E-state index in [-0.39, 0.29) is 63.6 Å². The van der Waals surface area contributed by atoms with Crippen molar-refractivity contribution in [3.8, 4) is 5.75 Å². The maximum atomic E-state index is 8.88. The number of hydrogen-bond acceptors (Lipinski definition) is 1. The van der Waals surface area contributed by atoms with Gasteiger partial charge in [0.05, 0.1) is 5.02 Å². The summed E-state index contributed by atoms with van der Waals surface area (Å²) < 4.78 is 0. The van der Waals surface area contributed by atoms with Gasteiger partial charge in [0.15, 0.2) is 0 Å². The number of phenolic OH excluding ortho intramolecular Hbond substituents is 1. The van der Waals surface area contributed by atoms with Crippen LogP contribution in [0.2, 0.25) is 10.0 Å². The second-order valence-corrected chi connectivity index (χ2v) is 2.36. The number of halogens is 2. The van der Waals surface area contributed by atoms with E-state index in [4.69, 9.17) is 28.3 Å². The summed E-state index contributed by atoms with van der Waals surface area (Å²) in [6, 6.07) is 4.72. The zero-order valence-electron chi connectivity index (χ0n) is 6.44. The SMILES string of the molecule is Oc1cccc(Cl)c1Cl.[H-].[K+]. The average molecular weight is 203 g/mol. The largest absolute Gasteiger partial charge is 1.00 e. The van der Waals surface area contributed by atoms with E-state index in [1.807, 2.05) is 0 Å². The molecular weight excluding hydrogens is 198 g/mol. The van der Waals surface area contributed by atoms with Crippen molar-refractivity contribution in [1.82, 2.24) is 0 Å². The van der Waals surface area contributed by atoms with Crippen molar-refractivity contribution in [2.75, 3.05) is 0 Å². The van der Waals surface area contributed by atoms with Gasteiger partial charge in [-0.2, -0.15) is 0 Å². The van der Waals surface area contributed by atoms with Crippen molar-refractivity contribution in [3.05, 3.63) is 28.2 Å². The van der Waals surface area contributed by atoms with Crippen LogP contribution in [0.3, 0.4) is 0 Å². The van der Waals surface area contributed by atoms with Crippen LogP contribution in [0.4, 0.5) is 0 Å². The molecule has 0 heterocycles. The summed E-state index contributed by atoms with van der Waals surface area (Å²) in [4.78, 5) is 0. The van der Waals surface area contributed by atoms with Gasteiger partial charge < -0.3 is 6.53 Å². The zero-order valence-corrected chi connectivity index (χ0v) is 10.1. The Morgan fingerprint density at radius 2 is 1.90 bits per heavy atom. The van der Waals surface area contributed by atoms with Gasteiger partial charge in [0.25, 0.3) is 0 Å². The zero-order chi connectivity index (χ0) is 6.85. The van der Waals surface area contributed by atoms with Crippen LogP contribution >= 0.6 is 23.2 Å². The maximum absolute atomic E-state index is 8.88. The van der Waals surface area contributed by atoms with Gasteiger partial charge in [0, 0.05) is 0 Å². The van der Waals surface area contributed by atoms with E-state index in [0.29, 0.717) is 5.02 Å². The minimum absolute atomic E-state index is 0. The molecule has 0 spiro atoms. The third-order valence-electron chi connectivity index (χ3n) is 0.931. The molecule has 10 heavy (non-hydrogen) atoms. The third kappa shape index (κ3) is 2.70. The number of phenols is 1. The summed E-state index contributed by atoms with van der Waals surface area (Å²) in [6.07, 6.45) is 0. The van der Waals surface area contributed by atoms with Gasteiger partial charge in [-0.15, -0.1) is 0 Å². The minimum Gasteiger partial charge on any atom is -1.00 e. The molecule has 0 aliphatic carbocycles. The molecule has 0 saturated carbocycles. The van der Waals surface area contributed by atoms with Crippen molar-refractivity contribution in [1.29, 1.82) is 0 Å². The first-order valence-electron chi connectivity index (χ1n) is 2.35. The van der Waals surface area contributed by atoms with Crippen molar-refractivity contribution in [2.45, 2.75) is 0 Å². The Kier molecular flexibility index (Phi) is 5.60. The fourth-order valence-electron chi connectivity index (χ4n) is 0.492. The quantitative estimate of drug-likeness (QED) is 0.580. The van der Waals surface area contributed by atoms with Gasteiger partial charge in [-0.25, -0.2) is 0 Å². The summed E-state index contributed by atoms with van der Waals surface area (Å²) in [5.41, 5.74) is 0. The molecule has 0 saturated heterocycles. The van der Waals surface area contributed by atoms with Crippen LogP contribution in [0.25, 0.3) is 0 Å². The third-order valence-corrected chi connectivity index (χ3v) is 1.74. The van der Waals surface area contributed by atoms with E-state index in [1.54, 1.807) is 12.1 Å². The molecule has 50 valence electrons. The molecule has 0 atom stereocenters. The molecule has 0 unspecified atom stereocenters. The molecular formula is C6H5Cl2KO. The molecule has 0 fully saturated rings. The molecule has 1 aromatic carbocycles. The van der Waals surface area contributed by atoms with E-state index in [0.717, 1.165) is 0 Å². The molecule has 1 nitrogen and oxygen atoms in total. The summed E-state index contributed by atoms with van der Waals surface area (Å²) >= 11 is 11.0. The van der Waals surface area contributed by atoms with E-state index in [9.17, 15) is 0 Å². The van der Waals surface area contributed by atoms with Crippen LogP contribution in [0.15, 0.2) is 18.2 Å². The minimum atomic E-state index is 0. The summed E-state index contributed by atoms with van der Waals surface area (Å²) in [6.45, 7) is 0. The predicted octanol–water partition coefficient (Wildman–Crippen LogP) is -0.185. The van der Waals surface area contributed by atoms with Gasteiger partial charge in [0.1, 0.15) is 10.8 Å². The number of benzene rings is 1. The first kappa shape index (κ1) is 11.2. The fraction of sp³-hybridized carbons (Fsp3) is 0. The Bertz CT molecular complexity index is 212. The predicted molar refractivity (Wildman–Crippen MR) is 39.2 cm³/mol. The van der Waals surface area contributed by atoms with Crippen LogP contribution in [0, 0.1) is 0 Å². The molecule has 0 bridgehead atoms. The van der Waals surface area contributed by atoms with E-state index in [1.165, 1.54) is 6.07 Å². The first-order valence-corrected chi connectivity index (χ1v) is 3.10. The van der Waals surface area contributed by atoms with E-state index in [2.05, 4.69) is 0 Å². The smallest absolute Gasteiger partial charge is 1.00 e. The second-order valence-electron chi connectivity index (χ2n) is 1.57. The maximum Gasteiger partial charge on any atom is 1.00 e. The Hall–Kier alpha value is 1.24. The van der Waals surface area contributed by atoms with Crippen molar-refractivity contribution in [2.24, 2.45) is 0 Å². The molecule has 0 amide bonds. The van der Waals surface area contributed by atoms with Crippen molar-refractivity contribution >= 4 is 23.2 Å². The summed E-state index contributed by atoms with van der Waals surface area (Å²) in [5, 5.41) is 9.46. The van der Waals surface area contributed by atoms with E-state index >= 15 is 0 Å². The summed E-state index contributed by atoms with van der Waals surface area (Å²) in [5.74, 6) is 0.0177. The van der Waals surface area contributed by atoms with Crippen LogP contribution in [-0.4, -0.2) is 5.11 Å². The molecule has 1 rings (SSSR count). The number of aromatic hydroxyl groups is 1. The molecule has 0 aromatic heterocycles.